The molecule has 0 saturated heterocycles. The van der Waals surface area contributed by atoms with Crippen LogP contribution in [0.5, 0.6) is 0 Å². The van der Waals surface area contributed by atoms with Crippen LogP contribution in [0.2, 0.25) is 10.0 Å². The van der Waals surface area contributed by atoms with Crippen LogP contribution in [0.4, 0.5) is 0 Å². The fourth-order valence-corrected chi connectivity index (χ4v) is 3.14. The first kappa shape index (κ1) is 12.8. The largest absolute Gasteiger partial charge is 0.0843 e. The van der Waals surface area contributed by atoms with Crippen molar-refractivity contribution in [2.45, 2.75) is 19.3 Å². The predicted molar refractivity (Wildman–Crippen MR) is 80.9 cm³/mol. The number of allylic oxidation sites excluding steroid dienone is 2. The minimum atomic E-state index is 0.106. The molecule has 95 valence electrons. The quantitative estimate of drug-likeness (QED) is 0.656. The van der Waals surface area contributed by atoms with Crippen molar-refractivity contribution in [3.63, 3.8) is 0 Å². The van der Waals surface area contributed by atoms with Crippen LogP contribution in [-0.2, 0) is 6.42 Å². The standard InChI is InChI=1S/C17H13Cl2/c1-11-8-12-4-2-3-5-14(12)16(9-11)15-7-6-13(18)10-17(15)19/h2-7,10,16H,8H2,1H3. The molecule has 0 heterocycles. The Labute approximate surface area is 123 Å². The Bertz CT molecular complexity index is 656. The molecule has 0 amide bonds. The second kappa shape index (κ2) is 5.03. The third-order valence-corrected chi connectivity index (χ3v) is 4.05. The van der Waals surface area contributed by atoms with Gasteiger partial charge in [-0.15, -0.1) is 0 Å². The first-order valence-electron chi connectivity index (χ1n) is 6.27. The molecule has 0 aliphatic heterocycles. The molecular formula is C17H13Cl2. The fourth-order valence-electron chi connectivity index (χ4n) is 2.62. The molecule has 0 saturated carbocycles. The Morgan fingerprint density at radius 1 is 1.05 bits per heavy atom. The van der Waals surface area contributed by atoms with Gasteiger partial charge < -0.3 is 0 Å². The summed E-state index contributed by atoms with van der Waals surface area (Å²) in [6, 6.07) is 14.2. The maximum absolute atomic E-state index is 6.34. The summed E-state index contributed by atoms with van der Waals surface area (Å²) in [5, 5.41) is 1.37. The van der Waals surface area contributed by atoms with E-state index in [-0.39, 0.29) is 5.92 Å². The number of benzene rings is 2. The highest BCUT2D eigenvalue weighted by atomic mass is 35.5. The summed E-state index contributed by atoms with van der Waals surface area (Å²) < 4.78 is 0. The van der Waals surface area contributed by atoms with Crippen molar-refractivity contribution in [3.8, 4) is 0 Å². The summed E-state index contributed by atoms with van der Waals surface area (Å²) in [6.07, 6.45) is 4.51. The van der Waals surface area contributed by atoms with Crippen LogP contribution >= 0.6 is 23.2 Å². The molecule has 0 spiro atoms. The van der Waals surface area contributed by atoms with Crippen molar-refractivity contribution in [3.05, 3.63) is 80.8 Å². The van der Waals surface area contributed by atoms with Crippen LogP contribution in [0.1, 0.15) is 29.5 Å². The number of hydrogen-bond donors (Lipinski definition) is 0. The van der Waals surface area contributed by atoms with Gasteiger partial charge in [0.15, 0.2) is 0 Å². The lowest BCUT2D eigenvalue weighted by Crippen LogP contribution is -2.10. The van der Waals surface area contributed by atoms with E-state index < -0.39 is 0 Å². The van der Waals surface area contributed by atoms with Crippen molar-refractivity contribution in [2.24, 2.45) is 0 Å². The van der Waals surface area contributed by atoms with Crippen molar-refractivity contribution in [1.82, 2.24) is 0 Å². The molecule has 2 aromatic rings. The fraction of sp³-hybridized carbons (Fsp3) is 0.176. The van der Waals surface area contributed by atoms with Crippen molar-refractivity contribution < 1.29 is 0 Å². The van der Waals surface area contributed by atoms with Crippen molar-refractivity contribution in [1.29, 1.82) is 0 Å². The Hall–Kier alpha value is -1.24. The van der Waals surface area contributed by atoms with Crippen LogP contribution in [0.25, 0.3) is 0 Å². The molecule has 0 fully saturated rings. The van der Waals surface area contributed by atoms with Crippen LogP contribution in [0, 0.1) is 6.08 Å². The molecule has 2 heteroatoms. The summed E-state index contributed by atoms with van der Waals surface area (Å²) in [5.74, 6) is 0.106. The molecule has 2 aromatic carbocycles. The summed E-state index contributed by atoms with van der Waals surface area (Å²) in [5.41, 5.74) is 4.97. The van der Waals surface area contributed by atoms with Gasteiger partial charge in [-0.3, -0.25) is 0 Å². The summed E-state index contributed by atoms with van der Waals surface area (Å²) in [7, 11) is 0. The SMILES string of the molecule is CC1=[C]C(c2ccc(Cl)cc2Cl)c2ccccc2C1. The van der Waals surface area contributed by atoms with Gasteiger partial charge in [0.2, 0.25) is 0 Å². The van der Waals surface area contributed by atoms with Gasteiger partial charge in [-0.1, -0.05) is 59.1 Å². The lowest BCUT2D eigenvalue weighted by atomic mass is 9.81. The van der Waals surface area contributed by atoms with E-state index in [0.717, 1.165) is 12.0 Å². The summed E-state index contributed by atoms with van der Waals surface area (Å²) >= 11 is 12.3. The van der Waals surface area contributed by atoms with Gasteiger partial charge in [0.05, 0.1) is 0 Å². The molecule has 0 N–H and O–H groups in total. The lowest BCUT2D eigenvalue weighted by Gasteiger charge is -2.24. The first-order valence-corrected chi connectivity index (χ1v) is 7.02. The highest BCUT2D eigenvalue weighted by molar-refractivity contribution is 6.35. The molecule has 1 radical (unpaired) electrons. The van der Waals surface area contributed by atoms with E-state index in [2.05, 4.69) is 37.3 Å². The van der Waals surface area contributed by atoms with Gasteiger partial charge >= 0.3 is 0 Å². The van der Waals surface area contributed by atoms with Gasteiger partial charge in [-0.25, -0.2) is 0 Å². The van der Waals surface area contributed by atoms with E-state index in [1.165, 1.54) is 16.7 Å². The average molecular weight is 288 g/mol. The predicted octanol–water partition coefficient (Wildman–Crippen LogP) is 5.43. The van der Waals surface area contributed by atoms with Crippen LogP contribution in [-0.4, -0.2) is 0 Å². The molecule has 0 aromatic heterocycles. The minimum absolute atomic E-state index is 0.106. The van der Waals surface area contributed by atoms with Crippen LogP contribution < -0.4 is 0 Å². The molecule has 19 heavy (non-hydrogen) atoms. The molecular weight excluding hydrogens is 275 g/mol. The second-order valence-electron chi connectivity index (χ2n) is 4.90. The zero-order valence-electron chi connectivity index (χ0n) is 10.6. The Morgan fingerprint density at radius 3 is 2.63 bits per heavy atom. The van der Waals surface area contributed by atoms with E-state index in [1.54, 1.807) is 6.07 Å². The van der Waals surface area contributed by atoms with Crippen LogP contribution in [0.3, 0.4) is 0 Å². The second-order valence-corrected chi connectivity index (χ2v) is 5.74. The van der Waals surface area contributed by atoms with Crippen molar-refractivity contribution in [2.75, 3.05) is 0 Å². The van der Waals surface area contributed by atoms with E-state index in [4.69, 9.17) is 23.2 Å². The number of halogens is 2. The Morgan fingerprint density at radius 2 is 1.84 bits per heavy atom. The highest BCUT2D eigenvalue weighted by Crippen LogP contribution is 2.38. The molecule has 0 nitrogen and oxygen atoms in total. The number of hydrogen-bond acceptors (Lipinski definition) is 0. The zero-order chi connectivity index (χ0) is 13.4. The lowest BCUT2D eigenvalue weighted by molar-refractivity contribution is 0.890. The van der Waals surface area contributed by atoms with Gasteiger partial charge in [0.25, 0.3) is 0 Å². The van der Waals surface area contributed by atoms with Crippen molar-refractivity contribution >= 4 is 23.2 Å². The maximum Gasteiger partial charge on any atom is 0.0462 e. The third kappa shape index (κ3) is 2.43. The van der Waals surface area contributed by atoms with E-state index >= 15 is 0 Å². The normalized spacial score (nSPS) is 17.8. The van der Waals surface area contributed by atoms with Gasteiger partial charge in [-0.2, -0.15) is 0 Å². The minimum Gasteiger partial charge on any atom is -0.0843 e. The van der Waals surface area contributed by atoms with Gasteiger partial charge in [-0.05, 0) is 48.2 Å². The highest BCUT2D eigenvalue weighted by Gasteiger charge is 2.22. The molecule has 0 bridgehead atoms. The van der Waals surface area contributed by atoms with Gasteiger partial charge in [0, 0.05) is 16.0 Å². The maximum atomic E-state index is 6.34. The average Bonchev–Trinajstić information content (AvgIpc) is 2.38. The van der Waals surface area contributed by atoms with Crippen LogP contribution in [0.15, 0.2) is 48.0 Å². The zero-order valence-corrected chi connectivity index (χ0v) is 12.1. The van der Waals surface area contributed by atoms with Gasteiger partial charge in [0.1, 0.15) is 0 Å². The smallest absolute Gasteiger partial charge is 0.0462 e. The Balaban J connectivity index is 2.15. The first-order chi connectivity index (χ1) is 9.15. The van der Waals surface area contributed by atoms with E-state index in [9.17, 15) is 0 Å². The molecule has 3 rings (SSSR count). The molecule has 1 aliphatic rings. The number of rotatable bonds is 1. The number of fused-ring (bicyclic) bond motifs is 1. The Kier molecular flexibility index (Phi) is 3.38. The van der Waals surface area contributed by atoms with E-state index in [1.807, 2.05) is 12.1 Å². The monoisotopic (exact) mass is 287 g/mol. The molecule has 1 atom stereocenters. The summed E-state index contributed by atoms with van der Waals surface area (Å²) in [6.45, 7) is 2.12. The van der Waals surface area contributed by atoms with E-state index in [0.29, 0.717) is 10.0 Å². The topological polar surface area (TPSA) is 0 Å². The summed E-state index contributed by atoms with van der Waals surface area (Å²) in [4.78, 5) is 0. The molecule has 1 aliphatic carbocycles. The third-order valence-electron chi connectivity index (χ3n) is 3.49. The molecule has 1 unspecified atom stereocenters.